The fourth-order valence-corrected chi connectivity index (χ4v) is 1.56. The first-order valence-electron chi connectivity index (χ1n) is 4.73. The van der Waals surface area contributed by atoms with Crippen LogP contribution in [0.5, 0.6) is 0 Å². The maximum atomic E-state index is 8.49. The van der Waals surface area contributed by atoms with Crippen LogP contribution in [0.4, 0.5) is 5.69 Å². The molecule has 0 aliphatic heterocycles. The summed E-state index contributed by atoms with van der Waals surface area (Å²) in [4.78, 5) is 3.91. The van der Waals surface area contributed by atoms with Gasteiger partial charge < -0.3 is 4.90 Å². The number of hydrogen-bond donors (Lipinski definition) is 0. The van der Waals surface area contributed by atoms with Gasteiger partial charge in [0.1, 0.15) is 0 Å². The molecule has 1 aromatic rings. The molecule has 0 fully saturated rings. The van der Waals surface area contributed by atoms with Gasteiger partial charge in [0.25, 0.3) is 0 Å². The second kappa shape index (κ2) is 6.26. The lowest BCUT2D eigenvalue weighted by Gasteiger charge is -2.17. The number of rotatable bonds is 4. The smallest absolute Gasteiger partial charge is 0.0640 e. The van der Waals surface area contributed by atoms with Crippen molar-refractivity contribution in [3.63, 3.8) is 0 Å². The van der Waals surface area contributed by atoms with E-state index in [0.29, 0.717) is 6.42 Å². The van der Waals surface area contributed by atoms with Gasteiger partial charge in [-0.15, -0.1) is 0 Å². The second-order valence-electron chi connectivity index (χ2n) is 3.21. The van der Waals surface area contributed by atoms with E-state index in [9.17, 15) is 0 Å². The summed E-state index contributed by atoms with van der Waals surface area (Å²) >= 11 is 3.24. The number of nitriles is 1. The van der Waals surface area contributed by atoms with Crippen LogP contribution in [0.3, 0.4) is 0 Å². The third kappa shape index (κ3) is 3.77. The molecule has 0 aromatic heterocycles. The van der Waals surface area contributed by atoms with Crippen LogP contribution in [0, 0.1) is 11.3 Å². The van der Waals surface area contributed by atoms with Crippen molar-refractivity contribution in [2.45, 2.75) is 6.42 Å². The van der Waals surface area contributed by atoms with Crippen LogP contribution in [-0.4, -0.2) is 13.6 Å². The molecule has 0 amide bonds. The molecule has 0 bridgehead atoms. The van der Waals surface area contributed by atoms with Gasteiger partial charge in [0.15, 0.2) is 0 Å². The molecule has 0 spiro atoms. The molecule has 1 aromatic carbocycles. The van der Waals surface area contributed by atoms with Crippen LogP contribution in [-0.2, 0) is 0 Å². The van der Waals surface area contributed by atoms with Gasteiger partial charge in [-0.1, -0.05) is 28.1 Å². The lowest BCUT2D eigenvalue weighted by atomic mass is 10.2. The molecule has 15 heavy (non-hydrogen) atoms. The van der Waals surface area contributed by atoms with E-state index in [1.165, 1.54) is 0 Å². The highest BCUT2D eigenvalue weighted by Crippen LogP contribution is 2.15. The van der Waals surface area contributed by atoms with Crippen molar-refractivity contribution in [3.8, 4) is 6.07 Å². The third-order valence-corrected chi connectivity index (χ3v) is 2.41. The average molecular weight is 265 g/mol. The fraction of sp³-hybridized carbons (Fsp3) is 0.250. The summed E-state index contributed by atoms with van der Waals surface area (Å²) in [6.07, 6.45) is 2.54. The van der Waals surface area contributed by atoms with E-state index in [2.05, 4.69) is 51.2 Å². The lowest BCUT2D eigenvalue weighted by molar-refractivity contribution is 0.905. The van der Waals surface area contributed by atoms with Gasteiger partial charge in [0, 0.05) is 19.3 Å². The first kappa shape index (κ1) is 11.8. The molecular weight excluding hydrogens is 252 g/mol. The van der Waals surface area contributed by atoms with E-state index in [4.69, 9.17) is 5.26 Å². The minimum atomic E-state index is 0.555. The topological polar surface area (TPSA) is 27.0 Å². The van der Waals surface area contributed by atoms with Gasteiger partial charge in [-0.25, -0.2) is 0 Å². The van der Waals surface area contributed by atoms with Crippen molar-refractivity contribution in [2.75, 3.05) is 18.5 Å². The molecule has 0 saturated heterocycles. The molecule has 0 unspecified atom stereocenters. The summed E-state index contributed by atoms with van der Waals surface area (Å²) in [7, 11) is 1.99. The summed E-state index contributed by atoms with van der Waals surface area (Å²) < 4.78 is 0. The zero-order valence-corrected chi connectivity index (χ0v) is 10.2. The average Bonchev–Trinajstić information content (AvgIpc) is 2.27. The monoisotopic (exact) mass is 264 g/mol. The zero-order valence-electron chi connectivity index (χ0n) is 8.65. The molecule has 0 atom stereocenters. The quantitative estimate of drug-likeness (QED) is 0.834. The normalized spacial score (nSPS) is 10.2. The van der Waals surface area contributed by atoms with Crippen molar-refractivity contribution in [2.24, 2.45) is 0 Å². The van der Waals surface area contributed by atoms with E-state index >= 15 is 0 Å². The van der Waals surface area contributed by atoms with Gasteiger partial charge >= 0.3 is 0 Å². The van der Waals surface area contributed by atoms with Crippen molar-refractivity contribution in [1.29, 1.82) is 5.26 Å². The summed E-state index contributed by atoms with van der Waals surface area (Å²) in [6.45, 7) is 0.768. The second-order valence-corrected chi connectivity index (χ2v) is 3.74. The van der Waals surface area contributed by atoms with E-state index in [0.717, 1.165) is 17.8 Å². The van der Waals surface area contributed by atoms with Crippen LogP contribution in [0.2, 0.25) is 0 Å². The van der Waals surface area contributed by atoms with E-state index in [-0.39, 0.29) is 0 Å². The molecule has 0 N–H and O–H groups in total. The Kier molecular flexibility index (Phi) is 4.92. The van der Waals surface area contributed by atoms with Crippen molar-refractivity contribution in [1.82, 2.24) is 0 Å². The van der Waals surface area contributed by atoms with E-state index < -0.39 is 0 Å². The first-order valence-corrected chi connectivity index (χ1v) is 5.64. The molecule has 0 aliphatic rings. The Morgan fingerprint density at radius 2 is 2.07 bits per heavy atom. The standard InChI is InChI=1S/C12H13BrN2/c1-15(10-2-9-14)12-5-3-11(4-6-12)7-8-13/h3-8H,2,10H2,1H3/b8-7+. The highest BCUT2D eigenvalue weighted by molar-refractivity contribution is 9.11. The molecule has 0 saturated carbocycles. The molecule has 0 radical (unpaired) electrons. The van der Waals surface area contributed by atoms with Crippen LogP contribution < -0.4 is 4.90 Å². The highest BCUT2D eigenvalue weighted by atomic mass is 79.9. The minimum absolute atomic E-state index is 0.555. The molecule has 0 aliphatic carbocycles. The molecule has 78 valence electrons. The maximum absolute atomic E-state index is 8.49. The maximum Gasteiger partial charge on any atom is 0.0640 e. The van der Waals surface area contributed by atoms with Crippen molar-refractivity contribution in [3.05, 3.63) is 34.8 Å². The Balaban J connectivity index is 2.67. The summed E-state index contributed by atoms with van der Waals surface area (Å²) in [6, 6.07) is 10.4. The molecular formula is C12H13BrN2. The minimum Gasteiger partial charge on any atom is -0.374 e. The lowest BCUT2D eigenvalue weighted by Crippen LogP contribution is -2.17. The Hall–Kier alpha value is -1.27. The Morgan fingerprint density at radius 1 is 1.40 bits per heavy atom. The number of hydrogen-bond acceptors (Lipinski definition) is 2. The number of benzene rings is 1. The Bertz CT molecular complexity index is 362. The van der Waals surface area contributed by atoms with Gasteiger partial charge in [-0.2, -0.15) is 5.26 Å². The van der Waals surface area contributed by atoms with Crippen LogP contribution in [0.1, 0.15) is 12.0 Å². The number of nitrogens with zero attached hydrogens (tertiary/aromatic N) is 2. The third-order valence-electron chi connectivity index (χ3n) is 2.15. The van der Waals surface area contributed by atoms with Crippen LogP contribution in [0.15, 0.2) is 29.3 Å². The highest BCUT2D eigenvalue weighted by Gasteiger charge is 1.98. The first-order chi connectivity index (χ1) is 7.27. The molecule has 1 rings (SSSR count). The predicted octanol–water partition coefficient (Wildman–Crippen LogP) is 3.40. The van der Waals surface area contributed by atoms with Crippen LogP contribution >= 0.6 is 15.9 Å². The fourth-order valence-electron chi connectivity index (χ4n) is 1.26. The van der Waals surface area contributed by atoms with Gasteiger partial charge in [0.2, 0.25) is 0 Å². The summed E-state index contributed by atoms with van der Waals surface area (Å²) in [5, 5.41) is 8.49. The summed E-state index contributed by atoms with van der Waals surface area (Å²) in [5.74, 6) is 0. The van der Waals surface area contributed by atoms with Gasteiger partial charge in [-0.3, -0.25) is 0 Å². The van der Waals surface area contributed by atoms with E-state index in [1.54, 1.807) is 0 Å². The summed E-state index contributed by atoms with van der Waals surface area (Å²) in [5.41, 5.74) is 2.29. The Labute approximate surface area is 99.0 Å². The van der Waals surface area contributed by atoms with Crippen molar-refractivity contribution < 1.29 is 0 Å². The van der Waals surface area contributed by atoms with Crippen molar-refractivity contribution >= 4 is 27.7 Å². The number of halogens is 1. The van der Waals surface area contributed by atoms with Gasteiger partial charge in [0.05, 0.1) is 12.5 Å². The van der Waals surface area contributed by atoms with Crippen LogP contribution in [0.25, 0.3) is 6.08 Å². The van der Waals surface area contributed by atoms with Gasteiger partial charge in [-0.05, 0) is 28.8 Å². The number of anilines is 1. The molecule has 2 nitrogen and oxygen atoms in total. The largest absolute Gasteiger partial charge is 0.374 e. The Morgan fingerprint density at radius 3 is 2.60 bits per heavy atom. The predicted molar refractivity (Wildman–Crippen MR) is 67.9 cm³/mol. The SMILES string of the molecule is CN(CCC#N)c1ccc(/C=C/Br)cc1. The van der Waals surface area contributed by atoms with E-state index in [1.807, 2.05) is 18.1 Å². The molecule has 0 heterocycles. The molecule has 3 heteroatoms. The zero-order chi connectivity index (χ0) is 11.1.